The molecule has 4 rings (SSSR count). The summed E-state index contributed by atoms with van der Waals surface area (Å²) in [6.45, 7) is 4.22. The average Bonchev–Trinajstić information content (AvgIpc) is 3.01. The highest BCUT2D eigenvalue weighted by Gasteiger charge is 2.44. The summed E-state index contributed by atoms with van der Waals surface area (Å²) < 4.78 is 6.17. The van der Waals surface area contributed by atoms with Gasteiger partial charge >= 0.3 is 0 Å². The quantitative estimate of drug-likeness (QED) is 0.927. The number of amides is 1. The van der Waals surface area contributed by atoms with E-state index in [1.54, 1.807) is 11.3 Å². The van der Waals surface area contributed by atoms with Gasteiger partial charge in [0.1, 0.15) is 0 Å². The Labute approximate surface area is 135 Å². The molecule has 120 valence electrons. The van der Waals surface area contributed by atoms with E-state index >= 15 is 0 Å². The Bertz CT molecular complexity index is 529. The van der Waals surface area contributed by atoms with Crippen LogP contribution in [0.15, 0.2) is 16.8 Å². The molecule has 0 radical (unpaired) electrons. The molecule has 1 aliphatic carbocycles. The third-order valence-electron chi connectivity index (χ3n) is 5.22. The van der Waals surface area contributed by atoms with Crippen LogP contribution in [0, 0.1) is 5.92 Å². The first kappa shape index (κ1) is 14.7. The smallest absolute Gasteiger partial charge is 0.252 e. The minimum Gasteiger partial charge on any atom is -0.373 e. The van der Waals surface area contributed by atoms with Crippen molar-refractivity contribution in [3.63, 3.8) is 0 Å². The predicted octanol–water partition coefficient (Wildman–Crippen LogP) is 2.51. The van der Waals surface area contributed by atoms with Gasteiger partial charge in [-0.25, -0.2) is 0 Å². The number of rotatable bonds is 4. The molecule has 1 saturated carbocycles. The van der Waals surface area contributed by atoms with E-state index in [4.69, 9.17) is 4.74 Å². The lowest BCUT2D eigenvalue weighted by Gasteiger charge is -2.38. The first-order valence-corrected chi connectivity index (χ1v) is 9.36. The third kappa shape index (κ3) is 3.21. The summed E-state index contributed by atoms with van der Waals surface area (Å²) in [5.41, 5.74) is 0.770. The lowest BCUT2D eigenvalue weighted by Crippen LogP contribution is -2.50. The molecular formula is C17H24N2O2S. The number of hydrogen-bond donors (Lipinski definition) is 1. The van der Waals surface area contributed by atoms with Crippen molar-refractivity contribution in [2.45, 2.75) is 43.7 Å². The molecule has 1 spiro atoms. The van der Waals surface area contributed by atoms with Crippen LogP contribution in [0.5, 0.6) is 0 Å². The molecular weight excluding hydrogens is 296 g/mol. The van der Waals surface area contributed by atoms with E-state index in [0.717, 1.165) is 50.4 Å². The number of thiophene rings is 1. The van der Waals surface area contributed by atoms with Crippen LogP contribution in [0.1, 0.15) is 42.5 Å². The summed E-state index contributed by atoms with van der Waals surface area (Å²) in [5.74, 6) is 1.00. The second-order valence-corrected chi connectivity index (χ2v) is 7.92. The molecule has 22 heavy (non-hydrogen) atoms. The van der Waals surface area contributed by atoms with Gasteiger partial charge in [0.05, 0.1) is 5.60 Å². The summed E-state index contributed by atoms with van der Waals surface area (Å²) in [6.07, 6.45) is 5.82. The topological polar surface area (TPSA) is 41.6 Å². The van der Waals surface area contributed by atoms with Crippen molar-refractivity contribution in [1.82, 2.24) is 10.2 Å². The minimum atomic E-state index is -0.0142. The van der Waals surface area contributed by atoms with Crippen molar-refractivity contribution in [3.8, 4) is 0 Å². The Morgan fingerprint density at radius 3 is 3.14 bits per heavy atom. The fourth-order valence-corrected chi connectivity index (χ4v) is 4.48. The number of likely N-dealkylation sites (tertiary alicyclic amines) is 1. The number of carbonyl (C=O) groups is 1. The molecule has 4 nitrogen and oxygen atoms in total. The van der Waals surface area contributed by atoms with E-state index in [1.165, 1.54) is 19.4 Å². The number of ether oxygens (including phenoxy) is 1. The second-order valence-electron chi connectivity index (χ2n) is 7.14. The standard InChI is InChI=1S/C17H24N2O2S/c20-16(14-4-8-22-11-14)18-15-3-7-21-17(9-15)5-6-19(12-17)10-13-1-2-13/h4,8,11,13,15H,1-3,5-7,9-10,12H2,(H,18,20)/t15-,17-/m1/s1. The fraction of sp³-hybridized carbons (Fsp3) is 0.706. The number of nitrogens with one attached hydrogen (secondary N) is 1. The summed E-state index contributed by atoms with van der Waals surface area (Å²) in [4.78, 5) is 14.8. The van der Waals surface area contributed by atoms with E-state index < -0.39 is 0 Å². The van der Waals surface area contributed by atoms with Crippen LogP contribution < -0.4 is 5.32 Å². The molecule has 0 unspecified atom stereocenters. The van der Waals surface area contributed by atoms with Gasteiger partial charge < -0.3 is 15.0 Å². The molecule has 3 aliphatic rings. The molecule has 0 aromatic carbocycles. The van der Waals surface area contributed by atoms with Crippen LogP contribution >= 0.6 is 11.3 Å². The van der Waals surface area contributed by atoms with E-state index in [2.05, 4.69) is 10.2 Å². The Hall–Kier alpha value is -0.910. The predicted molar refractivity (Wildman–Crippen MR) is 87.3 cm³/mol. The zero-order valence-electron chi connectivity index (χ0n) is 12.9. The highest BCUT2D eigenvalue weighted by atomic mass is 32.1. The van der Waals surface area contributed by atoms with Crippen molar-refractivity contribution in [2.24, 2.45) is 5.92 Å². The van der Waals surface area contributed by atoms with Gasteiger partial charge in [-0.05, 0) is 49.5 Å². The molecule has 3 heterocycles. The maximum Gasteiger partial charge on any atom is 0.252 e. The average molecular weight is 320 g/mol. The fourth-order valence-electron chi connectivity index (χ4n) is 3.85. The van der Waals surface area contributed by atoms with Gasteiger partial charge in [0.2, 0.25) is 0 Å². The Morgan fingerprint density at radius 2 is 2.36 bits per heavy atom. The van der Waals surface area contributed by atoms with E-state index in [-0.39, 0.29) is 17.6 Å². The summed E-state index contributed by atoms with van der Waals surface area (Å²) in [5, 5.41) is 7.08. The molecule has 1 N–H and O–H groups in total. The van der Waals surface area contributed by atoms with Crippen LogP contribution in [-0.4, -0.2) is 48.7 Å². The monoisotopic (exact) mass is 320 g/mol. The van der Waals surface area contributed by atoms with E-state index in [9.17, 15) is 4.79 Å². The molecule has 2 aliphatic heterocycles. The molecule has 1 aromatic rings. The van der Waals surface area contributed by atoms with Crippen molar-refractivity contribution in [3.05, 3.63) is 22.4 Å². The van der Waals surface area contributed by atoms with Gasteiger partial charge in [-0.3, -0.25) is 4.79 Å². The highest BCUT2D eigenvalue weighted by Crippen LogP contribution is 2.37. The van der Waals surface area contributed by atoms with E-state index in [0.29, 0.717) is 0 Å². The summed E-state index contributed by atoms with van der Waals surface area (Å²) in [7, 11) is 0. The SMILES string of the molecule is O=C(N[C@@H]1CCO[C@]2(CCN(CC3CC3)C2)C1)c1ccsc1. The largest absolute Gasteiger partial charge is 0.373 e. The van der Waals surface area contributed by atoms with Crippen molar-refractivity contribution >= 4 is 17.2 Å². The Kier molecular flexibility index (Phi) is 3.96. The Morgan fingerprint density at radius 1 is 1.45 bits per heavy atom. The lowest BCUT2D eigenvalue weighted by atomic mass is 9.89. The van der Waals surface area contributed by atoms with Crippen molar-refractivity contribution in [1.29, 1.82) is 0 Å². The summed E-state index contributed by atoms with van der Waals surface area (Å²) >= 11 is 1.57. The number of nitrogens with zero attached hydrogens (tertiary/aromatic N) is 1. The van der Waals surface area contributed by atoms with Crippen molar-refractivity contribution < 1.29 is 9.53 Å². The molecule has 0 bridgehead atoms. The van der Waals surface area contributed by atoms with Crippen LogP contribution in [0.2, 0.25) is 0 Å². The number of hydrogen-bond acceptors (Lipinski definition) is 4. The van der Waals surface area contributed by atoms with Crippen LogP contribution in [-0.2, 0) is 4.74 Å². The third-order valence-corrected chi connectivity index (χ3v) is 5.90. The molecule has 1 amide bonds. The van der Waals surface area contributed by atoms with Gasteiger partial charge in [0.25, 0.3) is 5.91 Å². The molecule has 2 saturated heterocycles. The normalized spacial score (nSPS) is 32.5. The first-order chi connectivity index (χ1) is 10.7. The molecule has 3 fully saturated rings. The zero-order valence-corrected chi connectivity index (χ0v) is 13.7. The van der Waals surface area contributed by atoms with Gasteiger partial charge in [-0.15, -0.1) is 0 Å². The molecule has 5 heteroatoms. The number of carbonyl (C=O) groups excluding carboxylic acids is 1. The Balaban J connectivity index is 1.34. The molecule has 2 atom stereocenters. The summed E-state index contributed by atoms with van der Waals surface area (Å²) in [6, 6.07) is 2.14. The zero-order chi connectivity index (χ0) is 15.0. The first-order valence-electron chi connectivity index (χ1n) is 8.42. The van der Waals surface area contributed by atoms with Crippen LogP contribution in [0.4, 0.5) is 0 Å². The van der Waals surface area contributed by atoms with Gasteiger partial charge in [-0.1, -0.05) is 0 Å². The van der Waals surface area contributed by atoms with E-state index in [1.807, 2.05) is 16.8 Å². The van der Waals surface area contributed by atoms with Gasteiger partial charge in [0.15, 0.2) is 0 Å². The second kappa shape index (κ2) is 5.95. The lowest BCUT2D eigenvalue weighted by molar-refractivity contribution is -0.0790. The highest BCUT2D eigenvalue weighted by molar-refractivity contribution is 7.08. The maximum absolute atomic E-state index is 12.2. The van der Waals surface area contributed by atoms with Crippen LogP contribution in [0.3, 0.4) is 0 Å². The minimum absolute atomic E-state index is 0.0142. The van der Waals surface area contributed by atoms with Crippen LogP contribution in [0.25, 0.3) is 0 Å². The molecule has 1 aromatic heterocycles. The maximum atomic E-state index is 12.2. The van der Waals surface area contributed by atoms with Gasteiger partial charge in [0, 0.05) is 43.2 Å². The van der Waals surface area contributed by atoms with Crippen molar-refractivity contribution in [2.75, 3.05) is 26.2 Å². The van der Waals surface area contributed by atoms with Gasteiger partial charge in [-0.2, -0.15) is 11.3 Å².